The van der Waals surface area contributed by atoms with Crippen molar-refractivity contribution in [3.63, 3.8) is 0 Å². The summed E-state index contributed by atoms with van der Waals surface area (Å²) in [7, 11) is 1.61. The molecule has 0 aliphatic carbocycles. The lowest BCUT2D eigenvalue weighted by atomic mass is 10.1. The van der Waals surface area contributed by atoms with Gasteiger partial charge in [0.1, 0.15) is 0 Å². The molecule has 4 heteroatoms. The summed E-state index contributed by atoms with van der Waals surface area (Å²) in [6.07, 6.45) is 1.18. The van der Waals surface area contributed by atoms with Gasteiger partial charge in [0.05, 0.1) is 10.0 Å². The molecule has 0 amide bonds. The normalized spacial score (nSPS) is 10.3. The summed E-state index contributed by atoms with van der Waals surface area (Å²) in [5, 5.41) is 0.874. The summed E-state index contributed by atoms with van der Waals surface area (Å²) in [6.45, 7) is 0.590. The van der Waals surface area contributed by atoms with Crippen LogP contribution in [0, 0.1) is 0 Å². The number of hydrogen-bond donors (Lipinski definition) is 0. The predicted octanol–water partition coefficient (Wildman–Crippen LogP) is 3.60. The van der Waals surface area contributed by atoms with E-state index >= 15 is 0 Å². The first kappa shape index (κ1) is 12.5. The Morgan fingerprint density at radius 1 is 1.33 bits per heavy atom. The quantitative estimate of drug-likeness (QED) is 0.587. The Bertz CT molecular complexity index is 350. The topological polar surface area (TPSA) is 26.3 Å². The van der Waals surface area contributed by atoms with E-state index in [0.29, 0.717) is 28.6 Å². The average Bonchev–Trinajstić information content (AvgIpc) is 2.22. The van der Waals surface area contributed by atoms with Gasteiger partial charge in [0.25, 0.3) is 0 Å². The van der Waals surface area contributed by atoms with Crippen LogP contribution in [0.4, 0.5) is 0 Å². The molecule has 15 heavy (non-hydrogen) atoms. The smallest absolute Gasteiger partial charge is 0.163 e. The molecular weight excluding hydrogens is 235 g/mol. The highest BCUT2D eigenvalue weighted by molar-refractivity contribution is 6.42. The molecule has 0 heterocycles. The van der Waals surface area contributed by atoms with Crippen molar-refractivity contribution in [2.75, 3.05) is 13.7 Å². The van der Waals surface area contributed by atoms with Crippen LogP contribution in [0.2, 0.25) is 10.0 Å². The third-order valence-corrected chi connectivity index (χ3v) is 2.73. The van der Waals surface area contributed by atoms with Crippen molar-refractivity contribution in [2.24, 2.45) is 0 Å². The molecule has 1 aromatic carbocycles. The van der Waals surface area contributed by atoms with Gasteiger partial charge in [-0.3, -0.25) is 4.79 Å². The Labute approximate surface area is 99.1 Å². The van der Waals surface area contributed by atoms with Crippen LogP contribution in [-0.4, -0.2) is 19.5 Å². The molecule has 0 aliphatic heterocycles. The molecule has 0 spiro atoms. The molecule has 2 nitrogen and oxygen atoms in total. The number of halogens is 2. The van der Waals surface area contributed by atoms with E-state index in [9.17, 15) is 4.79 Å². The number of ketones is 1. The number of hydrogen-bond acceptors (Lipinski definition) is 2. The standard InChI is InChI=1S/C11H12Cl2O2/c1-15-6-2-3-11(14)8-4-5-9(12)10(13)7-8/h4-5,7H,2-3,6H2,1H3. The SMILES string of the molecule is COCCCC(=O)c1ccc(Cl)c(Cl)c1. The zero-order chi connectivity index (χ0) is 11.3. The second-order valence-electron chi connectivity index (χ2n) is 3.15. The highest BCUT2D eigenvalue weighted by Gasteiger charge is 2.07. The van der Waals surface area contributed by atoms with Crippen LogP contribution < -0.4 is 0 Å². The van der Waals surface area contributed by atoms with Gasteiger partial charge in [0, 0.05) is 25.7 Å². The fourth-order valence-electron chi connectivity index (χ4n) is 1.19. The van der Waals surface area contributed by atoms with Gasteiger partial charge in [0.2, 0.25) is 0 Å². The van der Waals surface area contributed by atoms with Crippen molar-refractivity contribution in [3.05, 3.63) is 33.8 Å². The maximum absolute atomic E-state index is 11.6. The summed E-state index contributed by atoms with van der Waals surface area (Å²) in [4.78, 5) is 11.6. The van der Waals surface area contributed by atoms with Crippen LogP contribution in [0.25, 0.3) is 0 Å². The number of ether oxygens (including phenoxy) is 1. The van der Waals surface area contributed by atoms with Crippen molar-refractivity contribution in [2.45, 2.75) is 12.8 Å². The minimum absolute atomic E-state index is 0.0608. The van der Waals surface area contributed by atoms with E-state index in [0.717, 1.165) is 6.42 Å². The van der Waals surface area contributed by atoms with E-state index in [1.807, 2.05) is 0 Å². The predicted molar refractivity (Wildman–Crippen MR) is 61.9 cm³/mol. The molecule has 0 radical (unpaired) electrons. The van der Waals surface area contributed by atoms with Gasteiger partial charge in [-0.05, 0) is 24.6 Å². The third kappa shape index (κ3) is 3.82. The molecule has 1 aromatic rings. The first-order chi connectivity index (χ1) is 7.15. The van der Waals surface area contributed by atoms with Gasteiger partial charge < -0.3 is 4.74 Å². The lowest BCUT2D eigenvalue weighted by Crippen LogP contribution is -2.01. The van der Waals surface area contributed by atoms with Crippen LogP contribution in [-0.2, 0) is 4.74 Å². The van der Waals surface area contributed by atoms with Crippen molar-refractivity contribution in [3.8, 4) is 0 Å². The fourth-order valence-corrected chi connectivity index (χ4v) is 1.49. The zero-order valence-electron chi connectivity index (χ0n) is 8.43. The van der Waals surface area contributed by atoms with Crippen molar-refractivity contribution < 1.29 is 9.53 Å². The van der Waals surface area contributed by atoms with Crippen LogP contribution >= 0.6 is 23.2 Å². The maximum Gasteiger partial charge on any atom is 0.163 e. The van der Waals surface area contributed by atoms with Crippen molar-refractivity contribution in [1.29, 1.82) is 0 Å². The first-order valence-electron chi connectivity index (χ1n) is 4.62. The van der Waals surface area contributed by atoms with E-state index < -0.39 is 0 Å². The van der Waals surface area contributed by atoms with Crippen molar-refractivity contribution >= 4 is 29.0 Å². The molecule has 82 valence electrons. The number of carbonyl (C=O) groups excluding carboxylic acids is 1. The Hall–Kier alpha value is -0.570. The molecule has 0 fully saturated rings. The molecule has 1 rings (SSSR count). The Morgan fingerprint density at radius 3 is 2.67 bits per heavy atom. The van der Waals surface area contributed by atoms with E-state index in [4.69, 9.17) is 27.9 Å². The Balaban J connectivity index is 2.62. The molecule has 0 bridgehead atoms. The summed E-state index contributed by atoms with van der Waals surface area (Å²) in [5.41, 5.74) is 0.598. The highest BCUT2D eigenvalue weighted by atomic mass is 35.5. The number of carbonyl (C=O) groups is 1. The molecule has 0 atom stereocenters. The molecule has 0 unspecified atom stereocenters. The number of benzene rings is 1. The molecular formula is C11H12Cl2O2. The molecule has 0 saturated carbocycles. The van der Waals surface area contributed by atoms with Gasteiger partial charge >= 0.3 is 0 Å². The second kappa shape index (κ2) is 6.11. The molecule has 0 N–H and O–H groups in total. The Morgan fingerprint density at radius 2 is 2.07 bits per heavy atom. The van der Waals surface area contributed by atoms with E-state index in [1.54, 1.807) is 25.3 Å². The van der Waals surface area contributed by atoms with Crippen LogP contribution in [0.1, 0.15) is 23.2 Å². The lowest BCUT2D eigenvalue weighted by molar-refractivity contribution is 0.0963. The largest absolute Gasteiger partial charge is 0.385 e. The number of methoxy groups -OCH3 is 1. The average molecular weight is 247 g/mol. The van der Waals surface area contributed by atoms with E-state index in [1.165, 1.54) is 0 Å². The maximum atomic E-state index is 11.6. The number of Topliss-reactive ketones (excluding diaryl/α,β-unsaturated/α-hetero) is 1. The van der Waals surface area contributed by atoms with E-state index in [2.05, 4.69) is 0 Å². The van der Waals surface area contributed by atoms with Crippen LogP contribution in [0.5, 0.6) is 0 Å². The van der Waals surface area contributed by atoms with Gasteiger partial charge in [0.15, 0.2) is 5.78 Å². The van der Waals surface area contributed by atoms with Gasteiger partial charge in [-0.15, -0.1) is 0 Å². The molecule has 0 saturated heterocycles. The second-order valence-corrected chi connectivity index (χ2v) is 3.96. The summed E-state index contributed by atoms with van der Waals surface area (Å²) in [5.74, 6) is 0.0608. The minimum atomic E-state index is 0.0608. The molecule has 0 aromatic heterocycles. The lowest BCUT2D eigenvalue weighted by Gasteiger charge is -2.02. The van der Waals surface area contributed by atoms with Crippen LogP contribution in [0.15, 0.2) is 18.2 Å². The number of rotatable bonds is 5. The van der Waals surface area contributed by atoms with Gasteiger partial charge in [-0.1, -0.05) is 23.2 Å². The first-order valence-corrected chi connectivity index (χ1v) is 5.38. The minimum Gasteiger partial charge on any atom is -0.385 e. The molecule has 0 aliphatic rings. The summed E-state index contributed by atoms with van der Waals surface area (Å²) >= 11 is 11.6. The Kier molecular flexibility index (Phi) is 5.09. The van der Waals surface area contributed by atoms with Crippen molar-refractivity contribution in [1.82, 2.24) is 0 Å². The van der Waals surface area contributed by atoms with Gasteiger partial charge in [-0.2, -0.15) is 0 Å². The highest BCUT2D eigenvalue weighted by Crippen LogP contribution is 2.23. The zero-order valence-corrected chi connectivity index (χ0v) is 9.94. The van der Waals surface area contributed by atoms with E-state index in [-0.39, 0.29) is 5.78 Å². The van der Waals surface area contributed by atoms with Crippen LogP contribution in [0.3, 0.4) is 0 Å². The summed E-state index contributed by atoms with van der Waals surface area (Å²) in [6, 6.07) is 4.91. The fraction of sp³-hybridized carbons (Fsp3) is 0.364. The monoisotopic (exact) mass is 246 g/mol. The van der Waals surface area contributed by atoms with Gasteiger partial charge in [-0.25, -0.2) is 0 Å². The third-order valence-electron chi connectivity index (χ3n) is 1.99. The summed E-state index contributed by atoms with van der Waals surface area (Å²) < 4.78 is 4.87.